The van der Waals surface area contributed by atoms with E-state index >= 15 is 0 Å². The second kappa shape index (κ2) is 9.87. The Bertz CT molecular complexity index is 956. The minimum absolute atomic E-state index is 0.154. The summed E-state index contributed by atoms with van der Waals surface area (Å²) < 4.78 is 16.2. The molecule has 31 heavy (non-hydrogen) atoms. The summed E-state index contributed by atoms with van der Waals surface area (Å²) in [5.41, 5.74) is 3.71. The van der Waals surface area contributed by atoms with Gasteiger partial charge >= 0.3 is 0 Å². The number of benzene rings is 2. The number of ether oxygens (including phenoxy) is 2. The lowest BCUT2D eigenvalue weighted by Gasteiger charge is -2.26. The first-order chi connectivity index (χ1) is 14.4. The van der Waals surface area contributed by atoms with Gasteiger partial charge in [-0.15, -0.1) is 10.5 Å². The molecule has 5 nitrogen and oxygen atoms in total. The molecule has 164 valence electrons. The molecule has 2 aromatic rings. The molecule has 0 aliphatic heterocycles. The van der Waals surface area contributed by atoms with E-state index in [1.54, 1.807) is 24.6 Å². The average molecular weight is 457 g/mol. The summed E-state index contributed by atoms with van der Waals surface area (Å²) in [6.45, 7) is 16.7. The monoisotopic (exact) mass is 456 g/mol. The lowest BCUT2D eigenvalue weighted by Crippen LogP contribution is -2.15. The maximum absolute atomic E-state index is 8.91. The molecule has 2 rings (SSSR count). The predicted octanol–water partition coefficient (Wildman–Crippen LogP) is 7.35. The molecular formula is C24H28N2O3S2. The van der Waals surface area contributed by atoms with E-state index in [-0.39, 0.29) is 10.8 Å². The van der Waals surface area contributed by atoms with Crippen molar-refractivity contribution in [3.8, 4) is 24.0 Å². The highest BCUT2D eigenvalue weighted by atomic mass is 32.2. The van der Waals surface area contributed by atoms with E-state index in [4.69, 9.17) is 23.6 Å². The minimum atomic E-state index is -0.154. The van der Waals surface area contributed by atoms with Crippen molar-refractivity contribution < 1.29 is 13.1 Å². The Morgan fingerprint density at radius 2 is 1.03 bits per heavy atom. The molecule has 0 amide bonds. The smallest absolute Gasteiger partial charge is 0.292 e. The van der Waals surface area contributed by atoms with Crippen molar-refractivity contribution in [2.24, 2.45) is 0 Å². The zero-order valence-electron chi connectivity index (χ0n) is 19.2. The number of rotatable bonds is 6. The lowest BCUT2D eigenvalue weighted by molar-refractivity contribution is 0.493. The van der Waals surface area contributed by atoms with Crippen molar-refractivity contribution >= 4 is 24.1 Å². The number of nitriles is 2. The zero-order chi connectivity index (χ0) is 23.4. The molecule has 7 heteroatoms. The van der Waals surface area contributed by atoms with E-state index in [2.05, 4.69) is 41.5 Å². The van der Waals surface area contributed by atoms with Crippen LogP contribution in [0.1, 0.15) is 63.8 Å². The van der Waals surface area contributed by atoms with Crippen LogP contribution in [0.3, 0.4) is 0 Å². The maximum atomic E-state index is 8.91. The third-order valence-electron chi connectivity index (χ3n) is 4.81. The van der Waals surface area contributed by atoms with Gasteiger partial charge in [0.15, 0.2) is 0 Å². The lowest BCUT2D eigenvalue weighted by atomic mass is 9.84. The fraction of sp³-hybridized carbons (Fsp3) is 0.417. The number of nitrogens with zero attached hydrogens (tertiary/aromatic N) is 2. The van der Waals surface area contributed by atoms with Gasteiger partial charge in [-0.3, -0.25) is 0 Å². The van der Waals surface area contributed by atoms with Gasteiger partial charge in [0.25, 0.3) is 12.5 Å². The van der Waals surface area contributed by atoms with Crippen LogP contribution in [-0.2, 0) is 14.5 Å². The first-order valence-electron chi connectivity index (χ1n) is 9.83. The fourth-order valence-corrected chi connectivity index (χ4v) is 5.80. The second-order valence-corrected chi connectivity index (χ2v) is 11.0. The van der Waals surface area contributed by atoms with Crippen LogP contribution in [0.5, 0.6) is 11.5 Å². The van der Waals surface area contributed by atoms with Crippen LogP contribution in [0.2, 0.25) is 0 Å². The third-order valence-corrected chi connectivity index (χ3v) is 6.40. The topological polar surface area (TPSA) is 75.3 Å². The molecule has 0 radical (unpaired) electrons. The van der Waals surface area contributed by atoms with Crippen LogP contribution in [0.15, 0.2) is 34.1 Å². The highest BCUT2D eigenvalue weighted by Gasteiger charge is 2.26. The predicted molar refractivity (Wildman–Crippen MR) is 125 cm³/mol. The molecule has 0 heterocycles. The highest BCUT2D eigenvalue weighted by molar-refractivity contribution is 8.08. The Labute approximate surface area is 194 Å². The van der Waals surface area contributed by atoms with Gasteiger partial charge < -0.3 is 9.47 Å². The molecule has 0 saturated heterocycles. The molecule has 0 atom stereocenters. The maximum Gasteiger partial charge on any atom is 0.292 e. The average Bonchev–Trinajstić information content (AvgIpc) is 2.64. The number of hydrogen-bond donors (Lipinski definition) is 0. The summed E-state index contributed by atoms with van der Waals surface area (Å²) in [4.78, 5) is 1.95. The Morgan fingerprint density at radius 3 is 1.32 bits per heavy atom. The van der Waals surface area contributed by atoms with Crippen LogP contribution < -0.4 is 9.47 Å². The highest BCUT2D eigenvalue weighted by Crippen LogP contribution is 2.44. The zero-order valence-corrected chi connectivity index (χ0v) is 20.9. The van der Waals surface area contributed by atoms with E-state index < -0.39 is 0 Å². The summed E-state index contributed by atoms with van der Waals surface area (Å²) in [5, 5.41) is 17.8. The minimum Gasteiger partial charge on any atom is -0.388 e. The van der Waals surface area contributed by atoms with Gasteiger partial charge in [0, 0.05) is 33.9 Å². The van der Waals surface area contributed by atoms with Crippen molar-refractivity contribution in [2.75, 3.05) is 0 Å². The van der Waals surface area contributed by atoms with Crippen LogP contribution in [0.4, 0.5) is 0 Å². The van der Waals surface area contributed by atoms with Gasteiger partial charge in [-0.2, -0.15) is 0 Å². The van der Waals surface area contributed by atoms with Gasteiger partial charge in [0.05, 0.1) is 0 Å². The molecule has 0 aliphatic rings. The van der Waals surface area contributed by atoms with Gasteiger partial charge in [0.2, 0.25) is 0 Å². The van der Waals surface area contributed by atoms with Crippen molar-refractivity contribution in [1.82, 2.24) is 0 Å². The van der Waals surface area contributed by atoms with Crippen LogP contribution in [0, 0.1) is 36.9 Å². The number of hydrogen-bond acceptors (Lipinski definition) is 7. The molecule has 2 aromatic carbocycles. The van der Waals surface area contributed by atoms with Crippen molar-refractivity contribution in [3.63, 3.8) is 0 Å². The Hall–Kier alpha value is -2.32. The third kappa shape index (κ3) is 5.89. The molecule has 0 saturated carbocycles. The molecule has 0 N–H and O–H groups in total. The quantitative estimate of drug-likeness (QED) is 0.332. The van der Waals surface area contributed by atoms with E-state index in [0.717, 1.165) is 32.0 Å². The Balaban J connectivity index is 2.34. The van der Waals surface area contributed by atoms with Crippen molar-refractivity contribution in [2.45, 2.75) is 76.0 Å². The Kier molecular flexibility index (Phi) is 7.94. The summed E-state index contributed by atoms with van der Waals surface area (Å²) in [6.07, 6.45) is 3.51. The molecule has 0 aromatic heterocycles. The summed E-state index contributed by atoms with van der Waals surface area (Å²) in [6, 6.07) is 7.43. The molecule has 0 bridgehead atoms. The first kappa shape index (κ1) is 24.9. The SMILES string of the molecule is Cc1c(OC#N)ccc(SOSc2ccc(OC#N)c(C)c2C(C)(C)C)c1C(C)(C)C. The van der Waals surface area contributed by atoms with Crippen LogP contribution in [0.25, 0.3) is 0 Å². The summed E-state index contributed by atoms with van der Waals surface area (Å²) >= 11 is 2.58. The van der Waals surface area contributed by atoms with E-state index in [1.807, 2.05) is 26.0 Å². The van der Waals surface area contributed by atoms with Gasteiger partial charge in [-0.25, -0.2) is 3.63 Å². The van der Waals surface area contributed by atoms with E-state index in [9.17, 15) is 0 Å². The van der Waals surface area contributed by atoms with Crippen molar-refractivity contribution in [3.05, 3.63) is 46.5 Å². The fourth-order valence-electron chi connectivity index (χ4n) is 3.75. The van der Waals surface area contributed by atoms with Gasteiger partial charge in [-0.05, 0) is 71.2 Å². The van der Waals surface area contributed by atoms with Gasteiger partial charge in [-0.1, -0.05) is 41.5 Å². The van der Waals surface area contributed by atoms with Gasteiger partial charge in [0.1, 0.15) is 11.5 Å². The summed E-state index contributed by atoms with van der Waals surface area (Å²) in [7, 11) is 0. The Morgan fingerprint density at radius 1 is 0.677 bits per heavy atom. The second-order valence-electron chi connectivity index (χ2n) is 9.25. The van der Waals surface area contributed by atoms with E-state index in [0.29, 0.717) is 11.5 Å². The molecule has 0 unspecified atom stereocenters. The molecule has 0 fully saturated rings. The first-order valence-corrected chi connectivity index (χ1v) is 11.3. The van der Waals surface area contributed by atoms with Crippen molar-refractivity contribution in [1.29, 1.82) is 10.5 Å². The molecule has 0 spiro atoms. The van der Waals surface area contributed by atoms with E-state index in [1.165, 1.54) is 24.1 Å². The summed E-state index contributed by atoms with van der Waals surface area (Å²) in [5.74, 6) is 1.12. The normalized spacial score (nSPS) is 11.5. The van der Waals surface area contributed by atoms with Crippen LogP contribution >= 0.6 is 24.1 Å². The molecule has 0 aliphatic carbocycles. The standard InChI is InChI=1S/C24H28N2O3S2/c1-15-17(27-13-25)9-11-19(21(15)23(3,4)5)30-29-31-20-12-10-18(28-14-26)16(2)22(20)24(6,7)8/h9-12H,1-8H3. The largest absolute Gasteiger partial charge is 0.388 e. The van der Waals surface area contributed by atoms with Crippen LogP contribution in [-0.4, -0.2) is 0 Å². The molecular weight excluding hydrogens is 428 g/mol.